The van der Waals surface area contributed by atoms with E-state index in [4.69, 9.17) is 11.6 Å². The average Bonchev–Trinajstić information content (AvgIpc) is 3.16. The molecular formula is C17H13ClFN5. The molecule has 7 heteroatoms. The first-order chi connectivity index (χ1) is 11.6. The Morgan fingerprint density at radius 1 is 1.12 bits per heavy atom. The third kappa shape index (κ3) is 2.35. The summed E-state index contributed by atoms with van der Waals surface area (Å²) in [5, 5.41) is 0.0778. The summed E-state index contributed by atoms with van der Waals surface area (Å²) in [6.45, 7) is 0.453. The fraction of sp³-hybridized carbons (Fsp3) is 0.118. The third-order valence-corrected chi connectivity index (χ3v) is 4.23. The molecule has 0 aliphatic heterocycles. The molecule has 0 spiro atoms. The summed E-state index contributed by atoms with van der Waals surface area (Å²) in [6, 6.07) is 8.65. The van der Waals surface area contributed by atoms with Gasteiger partial charge in [-0.25, -0.2) is 19.3 Å². The minimum atomic E-state index is -0.474. The van der Waals surface area contributed by atoms with Crippen molar-refractivity contribution < 1.29 is 4.39 Å². The van der Waals surface area contributed by atoms with Gasteiger partial charge in [-0.15, -0.1) is 0 Å². The van der Waals surface area contributed by atoms with Crippen LogP contribution in [0.1, 0.15) is 5.82 Å². The van der Waals surface area contributed by atoms with Crippen molar-refractivity contribution in [2.24, 2.45) is 7.05 Å². The van der Waals surface area contributed by atoms with Crippen LogP contribution in [-0.4, -0.2) is 24.1 Å². The molecular weight excluding hydrogens is 329 g/mol. The highest BCUT2D eigenvalue weighted by Gasteiger charge is 2.15. The number of benzene rings is 1. The molecule has 3 aromatic heterocycles. The van der Waals surface area contributed by atoms with E-state index in [1.165, 1.54) is 6.07 Å². The van der Waals surface area contributed by atoms with Crippen molar-refractivity contribution in [2.75, 3.05) is 0 Å². The van der Waals surface area contributed by atoms with Crippen molar-refractivity contribution in [3.63, 3.8) is 0 Å². The Morgan fingerprint density at radius 3 is 2.83 bits per heavy atom. The Morgan fingerprint density at radius 2 is 2.00 bits per heavy atom. The number of imidazole rings is 2. The van der Waals surface area contributed by atoms with Crippen LogP contribution in [0.5, 0.6) is 0 Å². The zero-order valence-corrected chi connectivity index (χ0v) is 13.6. The predicted molar refractivity (Wildman–Crippen MR) is 90.2 cm³/mol. The molecule has 0 bridgehead atoms. The number of rotatable bonds is 3. The van der Waals surface area contributed by atoms with Gasteiger partial charge >= 0.3 is 0 Å². The van der Waals surface area contributed by atoms with Crippen molar-refractivity contribution in [3.8, 4) is 11.4 Å². The molecule has 0 saturated heterocycles. The third-order valence-electron chi connectivity index (χ3n) is 3.94. The highest BCUT2D eigenvalue weighted by atomic mass is 35.5. The number of hydrogen-bond donors (Lipinski definition) is 0. The topological polar surface area (TPSA) is 48.5 Å². The van der Waals surface area contributed by atoms with Gasteiger partial charge < -0.3 is 9.13 Å². The molecule has 0 saturated carbocycles. The molecule has 0 amide bonds. The number of nitrogens with zero attached hydrogens (tertiary/aromatic N) is 5. The van der Waals surface area contributed by atoms with E-state index >= 15 is 0 Å². The lowest BCUT2D eigenvalue weighted by Crippen LogP contribution is -2.07. The second kappa shape index (κ2) is 5.72. The molecule has 0 aliphatic carbocycles. The molecule has 0 unspecified atom stereocenters. The number of pyridine rings is 1. The van der Waals surface area contributed by atoms with Crippen LogP contribution in [0.25, 0.3) is 22.6 Å². The Bertz CT molecular complexity index is 1040. The SMILES string of the molecule is Cn1c(Cn2ccnc2-c2cccc(Cl)c2F)nc2cccnc21. The second-order valence-electron chi connectivity index (χ2n) is 5.41. The van der Waals surface area contributed by atoms with E-state index in [9.17, 15) is 4.39 Å². The average molecular weight is 342 g/mol. The van der Waals surface area contributed by atoms with Gasteiger partial charge in [-0.3, -0.25) is 0 Å². The van der Waals surface area contributed by atoms with Crippen LogP contribution in [0.3, 0.4) is 0 Å². The van der Waals surface area contributed by atoms with E-state index in [2.05, 4.69) is 15.0 Å². The molecule has 0 atom stereocenters. The van der Waals surface area contributed by atoms with Gasteiger partial charge in [-0.2, -0.15) is 0 Å². The minimum absolute atomic E-state index is 0.0778. The van der Waals surface area contributed by atoms with Crippen LogP contribution in [0.4, 0.5) is 4.39 Å². The molecule has 0 radical (unpaired) electrons. The monoisotopic (exact) mass is 341 g/mol. The Kier molecular flexibility index (Phi) is 3.54. The summed E-state index contributed by atoms with van der Waals surface area (Å²) in [4.78, 5) is 13.2. The molecule has 120 valence electrons. The van der Waals surface area contributed by atoms with Gasteiger partial charge in [0.15, 0.2) is 11.5 Å². The van der Waals surface area contributed by atoms with Crippen molar-refractivity contribution >= 4 is 22.8 Å². The lowest BCUT2D eigenvalue weighted by atomic mass is 10.2. The maximum atomic E-state index is 14.3. The number of aromatic nitrogens is 5. The molecule has 0 aliphatic rings. The quantitative estimate of drug-likeness (QED) is 0.571. The Labute approximate surface area is 142 Å². The van der Waals surface area contributed by atoms with E-state index in [0.29, 0.717) is 17.9 Å². The first-order valence-corrected chi connectivity index (χ1v) is 7.75. The zero-order valence-electron chi connectivity index (χ0n) is 12.8. The highest BCUT2D eigenvalue weighted by Crippen LogP contribution is 2.27. The van der Waals surface area contributed by atoms with E-state index in [0.717, 1.165) is 17.0 Å². The fourth-order valence-corrected chi connectivity index (χ4v) is 2.90. The fourth-order valence-electron chi connectivity index (χ4n) is 2.72. The van der Waals surface area contributed by atoms with Crippen LogP contribution >= 0.6 is 11.6 Å². The van der Waals surface area contributed by atoms with Crippen LogP contribution in [0, 0.1) is 5.82 Å². The van der Waals surface area contributed by atoms with Crippen LogP contribution < -0.4 is 0 Å². The summed E-state index contributed by atoms with van der Waals surface area (Å²) in [6.07, 6.45) is 5.16. The highest BCUT2D eigenvalue weighted by molar-refractivity contribution is 6.31. The van der Waals surface area contributed by atoms with Crippen LogP contribution in [0.15, 0.2) is 48.9 Å². The van der Waals surface area contributed by atoms with Gasteiger partial charge in [-0.1, -0.05) is 17.7 Å². The van der Waals surface area contributed by atoms with Gasteiger partial charge in [0.05, 0.1) is 17.1 Å². The molecule has 3 heterocycles. The van der Waals surface area contributed by atoms with Crippen LogP contribution in [-0.2, 0) is 13.6 Å². The Balaban J connectivity index is 1.77. The summed E-state index contributed by atoms with van der Waals surface area (Å²) < 4.78 is 18.1. The van der Waals surface area contributed by atoms with Gasteiger partial charge in [-0.05, 0) is 24.3 Å². The normalized spacial score (nSPS) is 11.3. The molecule has 24 heavy (non-hydrogen) atoms. The molecule has 5 nitrogen and oxygen atoms in total. The van der Waals surface area contributed by atoms with Crippen molar-refractivity contribution in [1.29, 1.82) is 0 Å². The zero-order chi connectivity index (χ0) is 16.7. The molecule has 4 rings (SSSR count). The summed E-state index contributed by atoms with van der Waals surface area (Å²) in [7, 11) is 1.91. The lowest BCUT2D eigenvalue weighted by Gasteiger charge is -2.09. The molecule has 1 aromatic carbocycles. The first kappa shape index (κ1) is 14.8. The van der Waals surface area contributed by atoms with E-state index in [-0.39, 0.29) is 5.02 Å². The summed E-state index contributed by atoms with van der Waals surface area (Å²) >= 11 is 5.89. The van der Waals surface area contributed by atoms with E-state index in [1.54, 1.807) is 30.7 Å². The number of halogens is 2. The maximum Gasteiger partial charge on any atom is 0.159 e. The van der Waals surface area contributed by atoms with Gasteiger partial charge in [0.2, 0.25) is 0 Å². The van der Waals surface area contributed by atoms with Crippen molar-refractivity contribution in [1.82, 2.24) is 24.1 Å². The van der Waals surface area contributed by atoms with Crippen LogP contribution in [0.2, 0.25) is 5.02 Å². The predicted octanol–water partition coefficient (Wildman–Crippen LogP) is 3.67. The molecule has 0 fully saturated rings. The smallest absolute Gasteiger partial charge is 0.159 e. The lowest BCUT2D eigenvalue weighted by molar-refractivity contribution is 0.627. The maximum absolute atomic E-state index is 14.3. The van der Waals surface area contributed by atoms with Gasteiger partial charge in [0.1, 0.15) is 17.2 Å². The number of fused-ring (bicyclic) bond motifs is 1. The van der Waals surface area contributed by atoms with Crippen molar-refractivity contribution in [3.05, 3.63) is 65.6 Å². The van der Waals surface area contributed by atoms with Crippen molar-refractivity contribution in [2.45, 2.75) is 6.54 Å². The van der Waals surface area contributed by atoms with E-state index in [1.807, 2.05) is 28.3 Å². The standard InChI is InChI=1S/C17H13ClFN5/c1-23-14(22-13-6-3-7-20-17(13)23)10-24-9-8-21-16(24)11-4-2-5-12(18)15(11)19/h2-9H,10H2,1H3. The second-order valence-corrected chi connectivity index (χ2v) is 5.82. The molecule has 4 aromatic rings. The number of aryl methyl sites for hydroxylation is 1. The van der Waals surface area contributed by atoms with E-state index < -0.39 is 5.82 Å². The Hall–Kier alpha value is -2.73. The first-order valence-electron chi connectivity index (χ1n) is 7.37. The van der Waals surface area contributed by atoms with Gasteiger partial charge in [0.25, 0.3) is 0 Å². The minimum Gasteiger partial charge on any atom is -0.323 e. The summed E-state index contributed by atoms with van der Waals surface area (Å²) in [5.41, 5.74) is 2.00. The largest absolute Gasteiger partial charge is 0.323 e. The number of hydrogen-bond acceptors (Lipinski definition) is 3. The van der Waals surface area contributed by atoms with Gasteiger partial charge in [0, 0.05) is 25.6 Å². The summed E-state index contributed by atoms with van der Waals surface area (Å²) in [5.74, 6) is 0.846. The molecule has 0 N–H and O–H groups in total.